The maximum Gasteiger partial charge on any atom is 0.227 e. The summed E-state index contributed by atoms with van der Waals surface area (Å²) in [6.07, 6.45) is 5.52. The molecule has 2 aliphatic rings. The summed E-state index contributed by atoms with van der Waals surface area (Å²) in [6, 6.07) is 2.03. The molecule has 2 aromatic rings. The van der Waals surface area contributed by atoms with Crippen molar-refractivity contribution in [3.8, 4) is 0 Å². The molecule has 0 radical (unpaired) electrons. The van der Waals surface area contributed by atoms with Crippen LogP contribution in [0.2, 0.25) is 0 Å². The van der Waals surface area contributed by atoms with Crippen molar-refractivity contribution in [3.05, 3.63) is 29.7 Å². The topological polar surface area (TPSA) is 88.3 Å². The van der Waals surface area contributed by atoms with Crippen molar-refractivity contribution in [2.75, 3.05) is 43.1 Å². The molecule has 8 heteroatoms. The first-order valence-electron chi connectivity index (χ1n) is 8.78. The molecule has 0 bridgehead atoms. The molecule has 0 aromatic carbocycles. The summed E-state index contributed by atoms with van der Waals surface area (Å²) in [7, 11) is 1.92. The minimum absolute atomic E-state index is 0.274. The fraction of sp³-hybridized carbons (Fsp3) is 0.588. The van der Waals surface area contributed by atoms with Crippen molar-refractivity contribution in [1.29, 1.82) is 0 Å². The molecule has 2 fully saturated rings. The SMILES string of the molecule is Cn1cc(CCNc2cc(C3CCOC3)nc(N3CC(O)C3)n2)cn1. The lowest BCUT2D eigenvalue weighted by Crippen LogP contribution is -2.51. The molecule has 4 heterocycles. The van der Waals surface area contributed by atoms with Gasteiger partial charge in [-0.15, -0.1) is 0 Å². The number of aryl methyl sites for hydroxylation is 1. The number of anilines is 2. The number of nitrogens with zero attached hydrogens (tertiary/aromatic N) is 5. The van der Waals surface area contributed by atoms with Crippen molar-refractivity contribution in [2.45, 2.75) is 24.9 Å². The van der Waals surface area contributed by atoms with Gasteiger partial charge in [0.2, 0.25) is 5.95 Å². The summed E-state index contributed by atoms with van der Waals surface area (Å²) in [5.41, 5.74) is 2.22. The first kappa shape index (κ1) is 16.3. The quantitative estimate of drug-likeness (QED) is 0.791. The van der Waals surface area contributed by atoms with Gasteiger partial charge in [0, 0.05) is 51.5 Å². The van der Waals surface area contributed by atoms with Crippen molar-refractivity contribution in [3.63, 3.8) is 0 Å². The maximum atomic E-state index is 9.56. The Bertz CT molecular complexity index is 722. The molecule has 0 saturated carbocycles. The molecular weight excluding hydrogens is 320 g/mol. The minimum atomic E-state index is -0.274. The van der Waals surface area contributed by atoms with E-state index in [0.29, 0.717) is 31.6 Å². The Hall–Kier alpha value is -2.19. The highest BCUT2D eigenvalue weighted by Crippen LogP contribution is 2.28. The lowest BCUT2D eigenvalue weighted by molar-refractivity contribution is 0.140. The van der Waals surface area contributed by atoms with Crippen LogP contribution >= 0.6 is 0 Å². The second-order valence-corrected chi connectivity index (χ2v) is 6.80. The van der Waals surface area contributed by atoms with E-state index in [1.54, 1.807) is 0 Å². The van der Waals surface area contributed by atoms with E-state index in [2.05, 4.69) is 15.4 Å². The zero-order valence-electron chi connectivity index (χ0n) is 14.4. The van der Waals surface area contributed by atoms with Crippen LogP contribution in [-0.2, 0) is 18.2 Å². The zero-order chi connectivity index (χ0) is 17.2. The highest BCUT2D eigenvalue weighted by molar-refractivity contribution is 5.46. The van der Waals surface area contributed by atoms with E-state index < -0.39 is 0 Å². The maximum absolute atomic E-state index is 9.56. The Morgan fingerprint density at radius 3 is 2.92 bits per heavy atom. The normalized spacial score (nSPS) is 20.7. The molecule has 1 atom stereocenters. The Labute approximate surface area is 146 Å². The summed E-state index contributed by atoms with van der Waals surface area (Å²) < 4.78 is 7.32. The van der Waals surface area contributed by atoms with Crippen molar-refractivity contribution in [1.82, 2.24) is 19.7 Å². The third-order valence-electron chi connectivity index (χ3n) is 4.71. The van der Waals surface area contributed by atoms with Crippen LogP contribution in [0.25, 0.3) is 0 Å². The summed E-state index contributed by atoms with van der Waals surface area (Å²) in [4.78, 5) is 11.4. The molecule has 2 saturated heterocycles. The van der Waals surface area contributed by atoms with E-state index in [1.165, 1.54) is 5.56 Å². The summed E-state index contributed by atoms with van der Waals surface area (Å²) >= 11 is 0. The van der Waals surface area contributed by atoms with Crippen LogP contribution < -0.4 is 10.2 Å². The third-order valence-corrected chi connectivity index (χ3v) is 4.71. The number of hydrogen-bond acceptors (Lipinski definition) is 7. The van der Waals surface area contributed by atoms with Crippen LogP contribution in [0.15, 0.2) is 18.5 Å². The van der Waals surface area contributed by atoms with Gasteiger partial charge in [-0.3, -0.25) is 4.68 Å². The van der Waals surface area contributed by atoms with Crippen LogP contribution in [0.5, 0.6) is 0 Å². The molecule has 0 aliphatic carbocycles. The third kappa shape index (κ3) is 3.74. The first-order chi connectivity index (χ1) is 12.2. The average Bonchev–Trinajstić information content (AvgIpc) is 3.23. The summed E-state index contributed by atoms with van der Waals surface area (Å²) in [5.74, 6) is 1.85. The van der Waals surface area contributed by atoms with E-state index in [4.69, 9.17) is 9.72 Å². The van der Waals surface area contributed by atoms with Crippen LogP contribution in [0.1, 0.15) is 23.6 Å². The fourth-order valence-corrected chi connectivity index (χ4v) is 3.22. The Morgan fingerprint density at radius 1 is 1.36 bits per heavy atom. The molecule has 2 aliphatic heterocycles. The number of ether oxygens (including phenoxy) is 1. The Morgan fingerprint density at radius 2 is 2.24 bits per heavy atom. The number of aliphatic hydroxyl groups excluding tert-OH is 1. The number of rotatable bonds is 6. The first-order valence-corrected chi connectivity index (χ1v) is 8.78. The van der Waals surface area contributed by atoms with Gasteiger partial charge in [0.1, 0.15) is 5.82 Å². The smallest absolute Gasteiger partial charge is 0.227 e. The largest absolute Gasteiger partial charge is 0.389 e. The minimum Gasteiger partial charge on any atom is -0.389 e. The van der Waals surface area contributed by atoms with Gasteiger partial charge in [0.05, 0.1) is 24.6 Å². The van der Waals surface area contributed by atoms with Gasteiger partial charge in [-0.1, -0.05) is 0 Å². The zero-order valence-corrected chi connectivity index (χ0v) is 14.4. The van der Waals surface area contributed by atoms with E-state index in [9.17, 15) is 5.11 Å². The molecule has 4 rings (SSSR count). The average molecular weight is 344 g/mol. The van der Waals surface area contributed by atoms with E-state index in [-0.39, 0.29) is 6.10 Å². The monoisotopic (exact) mass is 344 g/mol. The van der Waals surface area contributed by atoms with Gasteiger partial charge < -0.3 is 20.1 Å². The lowest BCUT2D eigenvalue weighted by atomic mass is 10.0. The van der Waals surface area contributed by atoms with E-state index in [0.717, 1.165) is 37.5 Å². The molecule has 2 aromatic heterocycles. The number of aromatic nitrogens is 4. The standard InChI is InChI=1S/C17H24N6O2/c1-22-8-12(7-19-22)2-4-18-16-6-15(13-3-5-25-11-13)20-17(21-16)23-9-14(24)10-23/h6-8,13-14,24H,2-5,9-11H2,1H3,(H,18,20,21). The predicted octanol–water partition coefficient (Wildman–Crippen LogP) is 0.549. The molecule has 1 unspecified atom stereocenters. The predicted molar refractivity (Wildman–Crippen MR) is 93.8 cm³/mol. The van der Waals surface area contributed by atoms with Gasteiger partial charge in [-0.2, -0.15) is 10.1 Å². The van der Waals surface area contributed by atoms with Crippen LogP contribution in [0, 0.1) is 0 Å². The molecular formula is C17H24N6O2. The van der Waals surface area contributed by atoms with Crippen LogP contribution in [-0.4, -0.2) is 63.8 Å². The Balaban J connectivity index is 1.47. The van der Waals surface area contributed by atoms with Crippen molar-refractivity contribution < 1.29 is 9.84 Å². The van der Waals surface area contributed by atoms with Gasteiger partial charge in [0.15, 0.2) is 0 Å². The van der Waals surface area contributed by atoms with Crippen LogP contribution in [0.3, 0.4) is 0 Å². The number of aliphatic hydroxyl groups is 1. The molecule has 2 N–H and O–H groups in total. The van der Waals surface area contributed by atoms with E-state index in [1.807, 2.05) is 35.1 Å². The number of β-amino-alcohol motifs (C(OH)–C–C–N with tert-alkyl or cyclic N) is 1. The van der Waals surface area contributed by atoms with Crippen molar-refractivity contribution in [2.24, 2.45) is 7.05 Å². The summed E-state index contributed by atoms with van der Waals surface area (Å²) in [5, 5.41) is 17.2. The highest BCUT2D eigenvalue weighted by Gasteiger charge is 2.28. The fourth-order valence-electron chi connectivity index (χ4n) is 3.22. The van der Waals surface area contributed by atoms with E-state index >= 15 is 0 Å². The Kier molecular flexibility index (Phi) is 4.54. The second kappa shape index (κ2) is 6.97. The summed E-state index contributed by atoms with van der Waals surface area (Å²) in [6.45, 7) is 3.48. The number of hydrogen-bond donors (Lipinski definition) is 2. The van der Waals surface area contributed by atoms with Gasteiger partial charge in [0.25, 0.3) is 0 Å². The molecule has 0 spiro atoms. The molecule has 0 amide bonds. The second-order valence-electron chi connectivity index (χ2n) is 6.80. The van der Waals surface area contributed by atoms with Gasteiger partial charge in [-0.05, 0) is 18.4 Å². The molecule has 8 nitrogen and oxygen atoms in total. The van der Waals surface area contributed by atoms with Crippen molar-refractivity contribution >= 4 is 11.8 Å². The highest BCUT2D eigenvalue weighted by atomic mass is 16.5. The van der Waals surface area contributed by atoms with Gasteiger partial charge >= 0.3 is 0 Å². The molecule has 25 heavy (non-hydrogen) atoms. The van der Waals surface area contributed by atoms with Gasteiger partial charge in [-0.25, -0.2) is 4.98 Å². The number of nitrogens with one attached hydrogen (secondary N) is 1. The molecule has 134 valence electrons. The van der Waals surface area contributed by atoms with Crippen LogP contribution in [0.4, 0.5) is 11.8 Å². The lowest BCUT2D eigenvalue weighted by Gasteiger charge is -2.36.